The number of likely N-dealkylation sites (N-methyl/N-ethyl adjacent to an activating group) is 1. The van der Waals surface area contributed by atoms with E-state index >= 15 is 0 Å². The van der Waals surface area contributed by atoms with E-state index in [2.05, 4.69) is 39.9 Å². The van der Waals surface area contributed by atoms with Crippen LogP contribution in [-0.2, 0) is 6.42 Å². The summed E-state index contributed by atoms with van der Waals surface area (Å²) in [5.41, 5.74) is 2.76. The molecule has 86 valence electrons. The molecule has 2 rings (SSSR count). The summed E-state index contributed by atoms with van der Waals surface area (Å²) >= 11 is 1.76. The van der Waals surface area contributed by atoms with Crippen LogP contribution in [0.1, 0.15) is 29.9 Å². The van der Waals surface area contributed by atoms with Gasteiger partial charge in [-0.25, -0.2) is 4.98 Å². The van der Waals surface area contributed by atoms with Crippen molar-refractivity contribution in [1.82, 2.24) is 15.3 Å². The first-order valence-electron chi connectivity index (χ1n) is 5.55. The molecule has 0 radical (unpaired) electrons. The van der Waals surface area contributed by atoms with E-state index in [-0.39, 0.29) is 0 Å². The van der Waals surface area contributed by atoms with Crippen LogP contribution in [0.25, 0.3) is 0 Å². The summed E-state index contributed by atoms with van der Waals surface area (Å²) in [6.45, 7) is 5.27. The number of hydrogen-bond acceptors (Lipinski definition) is 3. The highest BCUT2D eigenvalue weighted by molar-refractivity contribution is 7.08. The van der Waals surface area contributed by atoms with Gasteiger partial charge in [-0.15, -0.1) is 0 Å². The molecule has 0 aliphatic rings. The highest BCUT2D eigenvalue weighted by atomic mass is 32.1. The first-order chi connectivity index (χ1) is 7.81. The van der Waals surface area contributed by atoms with Crippen LogP contribution in [0.5, 0.6) is 0 Å². The summed E-state index contributed by atoms with van der Waals surface area (Å²) in [5, 5.41) is 7.93. The Kier molecular flexibility index (Phi) is 3.74. The normalized spacial score (nSPS) is 12.9. The maximum Gasteiger partial charge on any atom is 0.107 e. The molecule has 16 heavy (non-hydrogen) atoms. The van der Waals surface area contributed by atoms with E-state index in [0.717, 1.165) is 18.8 Å². The molecular weight excluding hydrogens is 218 g/mol. The fourth-order valence-corrected chi connectivity index (χ4v) is 2.77. The number of hydrogen-bond donors (Lipinski definition) is 2. The first-order valence-corrected chi connectivity index (χ1v) is 6.50. The average Bonchev–Trinajstić information content (AvgIpc) is 2.88. The second kappa shape index (κ2) is 5.27. The molecule has 2 aromatic heterocycles. The number of aromatic nitrogens is 2. The molecule has 0 bridgehead atoms. The van der Waals surface area contributed by atoms with E-state index in [9.17, 15) is 0 Å². The molecule has 1 atom stereocenters. The van der Waals surface area contributed by atoms with E-state index in [1.54, 1.807) is 17.5 Å². The maximum absolute atomic E-state index is 4.29. The van der Waals surface area contributed by atoms with Gasteiger partial charge in [0.2, 0.25) is 0 Å². The fraction of sp³-hybridized carbons (Fsp3) is 0.417. The third kappa shape index (κ3) is 2.51. The zero-order valence-corrected chi connectivity index (χ0v) is 10.5. The Hall–Kier alpha value is -1.13. The summed E-state index contributed by atoms with van der Waals surface area (Å²) < 4.78 is 0. The minimum atomic E-state index is 0.363. The number of nitrogens with one attached hydrogen (secondary N) is 2. The van der Waals surface area contributed by atoms with Crippen LogP contribution in [0, 0.1) is 6.92 Å². The summed E-state index contributed by atoms with van der Waals surface area (Å²) in [6, 6.07) is 0.363. The Morgan fingerprint density at radius 2 is 2.38 bits per heavy atom. The second-order valence-electron chi connectivity index (χ2n) is 3.86. The molecule has 4 heteroatoms. The Bertz CT molecular complexity index is 419. The largest absolute Gasteiger partial charge is 0.349 e. The zero-order chi connectivity index (χ0) is 11.4. The molecule has 0 aliphatic heterocycles. The van der Waals surface area contributed by atoms with Gasteiger partial charge in [0.1, 0.15) is 5.82 Å². The van der Waals surface area contributed by atoms with Crippen LogP contribution < -0.4 is 5.32 Å². The molecular formula is C12H17N3S. The number of nitrogens with zero attached hydrogens (tertiary/aromatic N) is 1. The lowest BCUT2D eigenvalue weighted by atomic mass is 10.0. The monoisotopic (exact) mass is 235 g/mol. The van der Waals surface area contributed by atoms with Crippen molar-refractivity contribution < 1.29 is 0 Å². The Morgan fingerprint density at radius 1 is 1.50 bits per heavy atom. The molecule has 0 aliphatic carbocycles. The standard InChI is InChI=1S/C12H17N3S/c1-3-13-11(6-12-14-4-5-15-12)10-8-16-7-9(10)2/h4-5,7-8,11,13H,3,6H2,1-2H3,(H,14,15). The Balaban J connectivity index is 2.14. The number of imidazole rings is 1. The highest BCUT2D eigenvalue weighted by Gasteiger charge is 2.15. The van der Waals surface area contributed by atoms with E-state index in [0.29, 0.717) is 6.04 Å². The number of rotatable bonds is 5. The summed E-state index contributed by atoms with van der Waals surface area (Å²) in [4.78, 5) is 7.45. The second-order valence-corrected chi connectivity index (χ2v) is 4.60. The fourth-order valence-electron chi connectivity index (χ4n) is 1.87. The van der Waals surface area contributed by atoms with Gasteiger partial charge in [-0.1, -0.05) is 6.92 Å². The van der Waals surface area contributed by atoms with Gasteiger partial charge in [-0.3, -0.25) is 0 Å². The summed E-state index contributed by atoms with van der Waals surface area (Å²) in [6.07, 6.45) is 4.59. The Labute approximate surface area is 99.9 Å². The van der Waals surface area contributed by atoms with Crippen molar-refractivity contribution in [3.05, 3.63) is 40.1 Å². The van der Waals surface area contributed by atoms with Crippen molar-refractivity contribution in [3.63, 3.8) is 0 Å². The molecule has 0 saturated heterocycles. The van der Waals surface area contributed by atoms with Gasteiger partial charge >= 0.3 is 0 Å². The van der Waals surface area contributed by atoms with Gasteiger partial charge in [0, 0.05) is 24.9 Å². The van der Waals surface area contributed by atoms with Crippen molar-refractivity contribution in [3.8, 4) is 0 Å². The van der Waals surface area contributed by atoms with E-state index in [1.807, 2.05) is 6.20 Å². The molecule has 0 amide bonds. The number of thiophene rings is 1. The topological polar surface area (TPSA) is 40.7 Å². The Morgan fingerprint density at radius 3 is 2.94 bits per heavy atom. The van der Waals surface area contributed by atoms with Crippen molar-refractivity contribution in [2.75, 3.05) is 6.54 Å². The summed E-state index contributed by atoms with van der Waals surface area (Å²) in [5.74, 6) is 1.04. The van der Waals surface area contributed by atoms with Crippen LogP contribution in [0.4, 0.5) is 0 Å². The van der Waals surface area contributed by atoms with Crippen LogP contribution in [0.15, 0.2) is 23.2 Å². The minimum absolute atomic E-state index is 0.363. The van der Waals surface area contributed by atoms with Crippen LogP contribution >= 0.6 is 11.3 Å². The van der Waals surface area contributed by atoms with Gasteiger partial charge in [0.05, 0.1) is 0 Å². The predicted octanol–water partition coefficient (Wildman–Crippen LogP) is 2.67. The van der Waals surface area contributed by atoms with Crippen LogP contribution in [-0.4, -0.2) is 16.5 Å². The number of H-pyrrole nitrogens is 1. The van der Waals surface area contributed by atoms with Gasteiger partial charge < -0.3 is 10.3 Å². The molecule has 3 nitrogen and oxygen atoms in total. The lowest BCUT2D eigenvalue weighted by Crippen LogP contribution is -2.23. The third-order valence-electron chi connectivity index (χ3n) is 2.67. The molecule has 2 aromatic rings. The first kappa shape index (κ1) is 11.4. The van der Waals surface area contributed by atoms with Crippen molar-refractivity contribution in [2.45, 2.75) is 26.3 Å². The smallest absolute Gasteiger partial charge is 0.107 e. The van der Waals surface area contributed by atoms with Crippen molar-refractivity contribution >= 4 is 11.3 Å². The van der Waals surface area contributed by atoms with Crippen molar-refractivity contribution in [2.24, 2.45) is 0 Å². The third-order valence-corrected chi connectivity index (χ3v) is 3.55. The van der Waals surface area contributed by atoms with Gasteiger partial charge in [0.15, 0.2) is 0 Å². The molecule has 1 unspecified atom stereocenters. The molecule has 2 N–H and O–H groups in total. The molecule has 2 heterocycles. The zero-order valence-electron chi connectivity index (χ0n) is 9.66. The van der Waals surface area contributed by atoms with E-state index in [4.69, 9.17) is 0 Å². The minimum Gasteiger partial charge on any atom is -0.349 e. The van der Waals surface area contributed by atoms with Crippen molar-refractivity contribution in [1.29, 1.82) is 0 Å². The van der Waals surface area contributed by atoms with Crippen LogP contribution in [0.3, 0.4) is 0 Å². The van der Waals surface area contributed by atoms with Gasteiger partial charge in [0.25, 0.3) is 0 Å². The predicted molar refractivity (Wildman–Crippen MR) is 67.8 cm³/mol. The molecule has 0 aromatic carbocycles. The maximum atomic E-state index is 4.29. The molecule has 0 fully saturated rings. The van der Waals surface area contributed by atoms with E-state index in [1.165, 1.54) is 11.1 Å². The van der Waals surface area contributed by atoms with E-state index < -0.39 is 0 Å². The molecule has 0 saturated carbocycles. The quantitative estimate of drug-likeness (QED) is 0.836. The summed E-state index contributed by atoms with van der Waals surface area (Å²) in [7, 11) is 0. The number of aryl methyl sites for hydroxylation is 1. The number of aromatic amines is 1. The average molecular weight is 235 g/mol. The van der Waals surface area contributed by atoms with Gasteiger partial charge in [-0.05, 0) is 35.4 Å². The SMILES string of the molecule is CCNC(Cc1ncc[nH]1)c1cscc1C. The highest BCUT2D eigenvalue weighted by Crippen LogP contribution is 2.23. The lowest BCUT2D eigenvalue weighted by Gasteiger charge is -2.16. The molecule has 0 spiro atoms. The lowest BCUT2D eigenvalue weighted by molar-refractivity contribution is 0.538. The van der Waals surface area contributed by atoms with Gasteiger partial charge in [-0.2, -0.15) is 11.3 Å². The van der Waals surface area contributed by atoms with Crippen LogP contribution in [0.2, 0.25) is 0 Å².